The van der Waals surface area contributed by atoms with Crippen molar-refractivity contribution in [2.24, 2.45) is 0 Å². The molecule has 0 unspecified atom stereocenters. The topological polar surface area (TPSA) is 37.4 Å². The molecule has 1 N–H and O–H groups in total. The van der Waals surface area contributed by atoms with Crippen molar-refractivity contribution in [1.29, 1.82) is 0 Å². The molecule has 4 nitrogen and oxygen atoms in total. The molecule has 0 radical (unpaired) electrons. The van der Waals surface area contributed by atoms with Crippen molar-refractivity contribution in [1.82, 2.24) is 10.3 Å². The van der Waals surface area contributed by atoms with Gasteiger partial charge in [-0.1, -0.05) is 6.92 Å². The minimum atomic E-state index is 0.296. The van der Waals surface area contributed by atoms with Crippen LogP contribution in [0.2, 0.25) is 0 Å². The summed E-state index contributed by atoms with van der Waals surface area (Å²) in [5, 5.41) is 4.64. The summed E-state index contributed by atoms with van der Waals surface area (Å²) in [6, 6.07) is 0. The Labute approximate surface area is 125 Å². The van der Waals surface area contributed by atoms with E-state index in [-0.39, 0.29) is 0 Å². The van der Waals surface area contributed by atoms with E-state index in [0.717, 1.165) is 32.1 Å². The lowest BCUT2D eigenvalue weighted by molar-refractivity contribution is -0.00523. The Bertz CT molecular complexity index is 448. The minimum Gasteiger partial charge on any atom is -0.372 e. The van der Waals surface area contributed by atoms with Gasteiger partial charge in [-0.05, 0) is 33.2 Å². The predicted molar refractivity (Wildman–Crippen MR) is 83.7 cm³/mol. The van der Waals surface area contributed by atoms with E-state index < -0.39 is 0 Å². The van der Waals surface area contributed by atoms with Crippen LogP contribution in [0.3, 0.4) is 0 Å². The molecule has 2 fully saturated rings. The third kappa shape index (κ3) is 3.15. The van der Waals surface area contributed by atoms with Crippen LogP contribution in [-0.2, 0) is 11.3 Å². The number of nitrogens with one attached hydrogen (secondary N) is 1. The highest BCUT2D eigenvalue weighted by molar-refractivity contribution is 7.15. The fourth-order valence-electron chi connectivity index (χ4n) is 2.86. The molecular weight excluding hydrogens is 270 g/mol. The summed E-state index contributed by atoms with van der Waals surface area (Å²) in [5.74, 6) is 0.726. The summed E-state index contributed by atoms with van der Waals surface area (Å²) in [4.78, 5) is 8.82. The van der Waals surface area contributed by atoms with E-state index in [1.807, 2.05) is 11.3 Å². The maximum Gasteiger partial charge on any atom is 0.186 e. The zero-order valence-corrected chi connectivity index (χ0v) is 13.5. The van der Waals surface area contributed by atoms with Crippen LogP contribution >= 0.6 is 11.3 Å². The van der Waals surface area contributed by atoms with E-state index in [4.69, 9.17) is 9.72 Å². The Hall–Kier alpha value is -0.650. The first kappa shape index (κ1) is 14.3. The highest BCUT2D eigenvalue weighted by Gasteiger charge is 2.31. The number of rotatable bonds is 5. The molecule has 112 valence electrons. The summed E-state index contributed by atoms with van der Waals surface area (Å²) >= 11 is 1.88. The van der Waals surface area contributed by atoms with E-state index in [1.54, 1.807) is 0 Å². The number of aromatic nitrogens is 1. The van der Waals surface area contributed by atoms with Crippen LogP contribution in [-0.4, -0.2) is 36.8 Å². The number of thiazole rings is 1. The van der Waals surface area contributed by atoms with Crippen molar-refractivity contribution < 1.29 is 4.74 Å². The summed E-state index contributed by atoms with van der Waals surface area (Å²) in [6.07, 6.45) is 3.23. The molecule has 0 aromatic carbocycles. The average molecular weight is 295 g/mol. The fraction of sp³-hybridized carbons (Fsp3) is 0.800. The second kappa shape index (κ2) is 6.00. The highest BCUT2D eigenvalue weighted by atomic mass is 32.1. The molecule has 2 aliphatic rings. The summed E-state index contributed by atoms with van der Waals surface area (Å²) < 4.78 is 5.82. The lowest BCUT2D eigenvalue weighted by Gasteiger charge is -2.35. The van der Waals surface area contributed by atoms with Gasteiger partial charge in [-0.15, -0.1) is 11.3 Å². The van der Waals surface area contributed by atoms with Crippen molar-refractivity contribution >= 4 is 16.5 Å². The zero-order valence-electron chi connectivity index (χ0n) is 12.7. The van der Waals surface area contributed by atoms with E-state index in [0.29, 0.717) is 12.2 Å². The van der Waals surface area contributed by atoms with Gasteiger partial charge in [0.25, 0.3) is 0 Å². The van der Waals surface area contributed by atoms with Crippen molar-refractivity contribution in [2.75, 3.05) is 24.5 Å². The largest absolute Gasteiger partial charge is 0.372 e. The number of hydrogen-bond donors (Lipinski definition) is 1. The smallest absolute Gasteiger partial charge is 0.186 e. The summed E-state index contributed by atoms with van der Waals surface area (Å²) in [7, 11) is 0. The zero-order chi connectivity index (χ0) is 14.1. The van der Waals surface area contributed by atoms with Crippen LogP contribution in [0.25, 0.3) is 0 Å². The number of morpholine rings is 1. The first-order valence-corrected chi connectivity index (χ1v) is 8.59. The normalized spacial score (nSPS) is 27.1. The van der Waals surface area contributed by atoms with Crippen LogP contribution in [0.1, 0.15) is 50.1 Å². The predicted octanol–water partition coefficient (Wildman–Crippen LogP) is 2.74. The molecular formula is C15H25N3OS. The van der Waals surface area contributed by atoms with Crippen molar-refractivity contribution in [3.05, 3.63) is 10.6 Å². The van der Waals surface area contributed by atoms with Gasteiger partial charge >= 0.3 is 0 Å². The van der Waals surface area contributed by atoms with Gasteiger partial charge in [0, 0.05) is 30.4 Å². The SMILES string of the molecule is CCNCc1sc(N2C[C@@H](C)O[C@@H](C)C2)nc1C1CC1. The lowest BCUT2D eigenvalue weighted by atomic mass is 10.2. The van der Waals surface area contributed by atoms with Gasteiger partial charge in [0.15, 0.2) is 5.13 Å². The van der Waals surface area contributed by atoms with Crippen LogP contribution in [0.5, 0.6) is 0 Å². The molecule has 20 heavy (non-hydrogen) atoms. The molecule has 1 aromatic rings. The van der Waals surface area contributed by atoms with Gasteiger partial charge in [0.05, 0.1) is 17.9 Å². The molecule has 3 rings (SSSR count). The molecule has 1 aliphatic heterocycles. The number of anilines is 1. The molecule has 0 amide bonds. The van der Waals surface area contributed by atoms with Crippen molar-refractivity contribution in [3.8, 4) is 0 Å². The molecule has 0 spiro atoms. The molecule has 0 bridgehead atoms. The third-order valence-corrected chi connectivity index (χ3v) is 5.04. The van der Waals surface area contributed by atoms with E-state index in [1.165, 1.54) is 28.5 Å². The minimum absolute atomic E-state index is 0.296. The molecule has 1 aromatic heterocycles. The van der Waals surface area contributed by atoms with Crippen LogP contribution < -0.4 is 10.2 Å². The third-order valence-electron chi connectivity index (χ3n) is 3.91. The molecule has 2 atom stereocenters. The van der Waals surface area contributed by atoms with E-state index in [9.17, 15) is 0 Å². The van der Waals surface area contributed by atoms with Gasteiger partial charge in [0.1, 0.15) is 0 Å². The standard InChI is InChI=1S/C15H25N3OS/c1-4-16-7-13-14(12-5-6-12)17-15(20-13)18-8-10(2)19-11(3)9-18/h10-12,16H,4-9H2,1-3H3/t10-,11+. The fourth-order valence-corrected chi connectivity index (χ4v) is 3.99. The first-order valence-electron chi connectivity index (χ1n) is 7.78. The Balaban J connectivity index is 1.78. The highest BCUT2D eigenvalue weighted by Crippen LogP contribution is 2.44. The molecule has 2 heterocycles. The van der Waals surface area contributed by atoms with Crippen molar-refractivity contribution in [2.45, 2.75) is 58.3 Å². The second-order valence-electron chi connectivity index (χ2n) is 6.02. The Morgan fingerprint density at radius 3 is 2.60 bits per heavy atom. The Kier molecular flexibility index (Phi) is 4.29. The Morgan fingerprint density at radius 1 is 1.30 bits per heavy atom. The van der Waals surface area contributed by atoms with Gasteiger partial charge in [0.2, 0.25) is 0 Å². The van der Waals surface area contributed by atoms with Crippen LogP contribution in [0.15, 0.2) is 0 Å². The average Bonchev–Trinajstić information content (AvgIpc) is 3.15. The quantitative estimate of drug-likeness (QED) is 0.906. The van der Waals surface area contributed by atoms with Gasteiger partial charge < -0.3 is 15.0 Å². The van der Waals surface area contributed by atoms with Gasteiger partial charge in [-0.2, -0.15) is 0 Å². The van der Waals surface area contributed by atoms with Gasteiger partial charge in [-0.25, -0.2) is 4.98 Å². The monoisotopic (exact) mass is 295 g/mol. The lowest BCUT2D eigenvalue weighted by Crippen LogP contribution is -2.45. The first-order chi connectivity index (χ1) is 9.67. The Morgan fingerprint density at radius 2 is 2.00 bits per heavy atom. The maximum atomic E-state index is 5.82. The second-order valence-corrected chi connectivity index (χ2v) is 7.08. The van der Waals surface area contributed by atoms with Crippen LogP contribution in [0, 0.1) is 0 Å². The number of hydrogen-bond acceptors (Lipinski definition) is 5. The molecule has 1 saturated carbocycles. The number of nitrogens with zero attached hydrogens (tertiary/aromatic N) is 2. The van der Waals surface area contributed by atoms with Crippen molar-refractivity contribution in [3.63, 3.8) is 0 Å². The molecule has 1 saturated heterocycles. The molecule has 1 aliphatic carbocycles. The summed E-state index contributed by atoms with van der Waals surface area (Å²) in [5.41, 5.74) is 1.36. The van der Waals surface area contributed by atoms with E-state index >= 15 is 0 Å². The maximum absolute atomic E-state index is 5.82. The van der Waals surface area contributed by atoms with Gasteiger partial charge in [-0.3, -0.25) is 0 Å². The van der Waals surface area contributed by atoms with Crippen LogP contribution in [0.4, 0.5) is 5.13 Å². The number of ether oxygens (including phenoxy) is 1. The van der Waals surface area contributed by atoms with E-state index in [2.05, 4.69) is 31.0 Å². The molecule has 5 heteroatoms. The summed E-state index contributed by atoms with van der Waals surface area (Å²) in [6.45, 7) is 10.4.